The Morgan fingerprint density at radius 1 is 1.45 bits per heavy atom. The van der Waals surface area contributed by atoms with E-state index in [0.717, 1.165) is 31.4 Å². The monoisotopic (exact) mass is 296 g/mol. The van der Waals surface area contributed by atoms with Crippen molar-refractivity contribution in [2.45, 2.75) is 45.6 Å². The van der Waals surface area contributed by atoms with Crippen molar-refractivity contribution in [1.29, 1.82) is 0 Å². The van der Waals surface area contributed by atoms with Crippen LogP contribution in [-0.4, -0.2) is 23.4 Å². The second kappa shape index (κ2) is 7.53. The normalized spacial score (nSPS) is 22.2. The molecule has 3 nitrogen and oxygen atoms in total. The van der Waals surface area contributed by atoms with Crippen molar-refractivity contribution >= 4 is 24.0 Å². The van der Waals surface area contributed by atoms with Crippen LogP contribution in [0.2, 0.25) is 0 Å². The van der Waals surface area contributed by atoms with Gasteiger partial charge in [0.2, 0.25) is 0 Å². The SMILES string of the molecule is CCCC1C(C)CCCN1C(=O)c1cccc(N)c1.Cl. The summed E-state index contributed by atoms with van der Waals surface area (Å²) in [6.07, 6.45) is 4.55. The Morgan fingerprint density at radius 2 is 2.20 bits per heavy atom. The van der Waals surface area contributed by atoms with E-state index < -0.39 is 0 Å². The molecule has 1 saturated heterocycles. The van der Waals surface area contributed by atoms with Crippen molar-refractivity contribution in [2.24, 2.45) is 5.92 Å². The lowest BCUT2D eigenvalue weighted by molar-refractivity contribution is 0.0497. The Morgan fingerprint density at radius 3 is 2.85 bits per heavy atom. The number of anilines is 1. The van der Waals surface area contributed by atoms with Crippen molar-refractivity contribution < 1.29 is 4.79 Å². The largest absolute Gasteiger partial charge is 0.399 e. The third-order valence-electron chi connectivity index (χ3n) is 4.09. The number of carbonyl (C=O) groups excluding carboxylic acids is 1. The van der Waals surface area contributed by atoms with Crippen LogP contribution in [0, 0.1) is 5.92 Å². The van der Waals surface area contributed by atoms with Crippen LogP contribution in [0.25, 0.3) is 0 Å². The van der Waals surface area contributed by atoms with Gasteiger partial charge in [-0.2, -0.15) is 0 Å². The zero-order valence-electron chi connectivity index (χ0n) is 12.3. The summed E-state index contributed by atoms with van der Waals surface area (Å²) in [6.45, 7) is 5.33. The highest BCUT2D eigenvalue weighted by molar-refractivity contribution is 5.95. The summed E-state index contributed by atoms with van der Waals surface area (Å²) in [6, 6.07) is 7.70. The third kappa shape index (κ3) is 3.66. The smallest absolute Gasteiger partial charge is 0.254 e. The second-order valence-electron chi connectivity index (χ2n) is 5.60. The molecule has 1 heterocycles. The van der Waals surface area contributed by atoms with Crippen LogP contribution in [0.1, 0.15) is 49.9 Å². The van der Waals surface area contributed by atoms with Gasteiger partial charge in [-0.25, -0.2) is 0 Å². The van der Waals surface area contributed by atoms with E-state index in [4.69, 9.17) is 5.73 Å². The fourth-order valence-electron chi connectivity index (χ4n) is 3.07. The molecule has 1 aromatic rings. The number of piperidine rings is 1. The number of rotatable bonds is 3. The first-order valence-corrected chi connectivity index (χ1v) is 7.30. The second-order valence-corrected chi connectivity index (χ2v) is 5.60. The van der Waals surface area contributed by atoms with Crippen LogP contribution in [0.5, 0.6) is 0 Å². The lowest BCUT2D eigenvalue weighted by Crippen LogP contribution is -2.47. The Hall–Kier alpha value is -1.22. The number of likely N-dealkylation sites (tertiary alicyclic amines) is 1. The van der Waals surface area contributed by atoms with Crippen molar-refractivity contribution in [3.05, 3.63) is 29.8 Å². The van der Waals surface area contributed by atoms with Crippen molar-refractivity contribution in [1.82, 2.24) is 4.90 Å². The Balaban J connectivity index is 0.00000200. The highest BCUT2D eigenvalue weighted by atomic mass is 35.5. The van der Waals surface area contributed by atoms with E-state index in [0.29, 0.717) is 17.6 Å². The molecular weight excluding hydrogens is 272 g/mol. The molecule has 0 bridgehead atoms. The van der Waals surface area contributed by atoms with E-state index in [-0.39, 0.29) is 18.3 Å². The molecule has 2 unspecified atom stereocenters. The van der Waals surface area contributed by atoms with Gasteiger partial charge in [0.1, 0.15) is 0 Å². The molecule has 1 fully saturated rings. The molecule has 112 valence electrons. The van der Waals surface area contributed by atoms with E-state index in [1.165, 1.54) is 6.42 Å². The van der Waals surface area contributed by atoms with Gasteiger partial charge in [0.15, 0.2) is 0 Å². The molecule has 0 radical (unpaired) electrons. The summed E-state index contributed by atoms with van der Waals surface area (Å²) in [4.78, 5) is 14.7. The molecule has 2 N–H and O–H groups in total. The van der Waals surface area contributed by atoms with Gasteiger partial charge in [-0.05, 0) is 43.4 Å². The Labute approximate surface area is 127 Å². The number of amides is 1. The van der Waals surface area contributed by atoms with Gasteiger partial charge < -0.3 is 10.6 Å². The molecule has 0 aromatic heterocycles. The van der Waals surface area contributed by atoms with Crippen LogP contribution in [-0.2, 0) is 0 Å². The van der Waals surface area contributed by atoms with E-state index in [2.05, 4.69) is 18.7 Å². The molecule has 1 aliphatic rings. The van der Waals surface area contributed by atoms with E-state index in [9.17, 15) is 4.79 Å². The third-order valence-corrected chi connectivity index (χ3v) is 4.09. The lowest BCUT2D eigenvalue weighted by atomic mass is 9.87. The average molecular weight is 297 g/mol. The number of nitrogens with zero attached hydrogens (tertiary/aromatic N) is 1. The van der Waals surface area contributed by atoms with Crippen LogP contribution in [0.15, 0.2) is 24.3 Å². The fourth-order valence-corrected chi connectivity index (χ4v) is 3.07. The number of halogens is 1. The maximum atomic E-state index is 12.7. The molecule has 1 amide bonds. The van der Waals surface area contributed by atoms with Crippen molar-refractivity contribution in [3.8, 4) is 0 Å². The van der Waals surface area contributed by atoms with Gasteiger partial charge in [0.25, 0.3) is 5.91 Å². The highest BCUT2D eigenvalue weighted by Crippen LogP contribution is 2.28. The molecule has 4 heteroatoms. The highest BCUT2D eigenvalue weighted by Gasteiger charge is 2.31. The van der Waals surface area contributed by atoms with Crippen molar-refractivity contribution in [3.63, 3.8) is 0 Å². The molecule has 0 spiro atoms. The molecule has 1 aromatic carbocycles. The van der Waals surface area contributed by atoms with Gasteiger partial charge in [-0.3, -0.25) is 4.79 Å². The first-order chi connectivity index (χ1) is 9.13. The fraction of sp³-hybridized carbons (Fsp3) is 0.562. The maximum absolute atomic E-state index is 12.7. The predicted octanol–water partition coefficient (Wildman–Crippen LogP) is 3.73. The molecular formula is C16H25ClN2O. The summed E-state index contributed by atoms with van der Waals surface area (Å²) in [5, 5.41) is 0. The molecule has 2 atom stereocenters. The summed E-state index contributed by atoms with van der Waals surface area (Å²) in [7, 11) is 0. The Kier molecular flexibility index (Phi) is 6.34. The van der Waals surface area contributed by atoms with Crippen LogP contribution in [0.4, 0.5) is 5.69 Å². The molecule has 0 saturated carbocycles. The van der Waals surface area contributed by atoms with Gasteiger partial charge >= 0.3 is 0 Å². The minimum absolute atomic E-state index is 0. The molecule has 1 aliphatic heterocycles. The summed E-state index contributed by atoms with van der Waals surface area (Å²) < 4.78 is 0. The minimum Gasteiger partial charge on any atom is -0.399 e. The summed E-state index contributed by atoms with van der Waals surface area (Å²) in [5.74, 6) is 0.732. The lowest BCUT2D eigenvalue weighted by Gasteiger charge is -2.40. The zero-order valence-corrected chi connectivity index (χ0v) is 13.2. The number of hydrogen-bond acceptors (Lipinski definition) is 2. The topological polar surface area (TPSA) is 46.3 Å². The van der Waals surface area contributed by atoms with E-state index >= 15 is 0 Å². The van der Waals surface area contributed by atoms with Crippen LogP contribution in [0.3, 0.4) is 0 Å². The van der Waals surface area contributed by atoms with Crippen LogP contribution >= 0.6 is 12.4 Å². The predicted molar refractivity (Wildman–Crippen MR) is 86.2 cm³/mol. The van der Waals surface area contributed by atoms with Gasteiger partial charge in [-0.15, -0.1) is 12.4 Å². The molecule has 0 aliphatic carbocycles. The first-order valence-electron chi connectivity index (χ1n) is 7.30. The number of hydrogen-bond donors (Lipinski definition) is 1. The van der Waals surface area contributed by atoms with Gasteiger partial charge in [0, 0.05) is 23.8 Å². The molecule has 2 rings (SSSR count). The van der Waals surface area contributed by atoms with Gasteiger partial charge in [-0.1, -0.05) is 26.3 Å². The molecule has 20 heavy (non-hydrogen) atoms. The number of carbonyl (C=O) groups is 1. The summed E-state index contributed by atoms with van der Waals surface area (Å²) in [5.41, 5.74) is 7.15. The van der Waals surface area contributed by atoms with Gasteiger partial charge in [0.05, 0.1) is 0 Å². The van der Waals surface area contributed by atoms with E-state index in [1.54, 1.807) is 6.07 Å². The Bertz CT molecular complexity index is 450. The zero-order chi connectivity index (χ0) is 13.8. The first kappa shape index (κ1) is 16.8. The number of benzene rings is 1. The van der Waals surface area contributed by atoms with Crippen molar-refractivity contribution in [2.75, 3.05) is 12.3 Å². The quantitative estimate of drug-likeness (QED) is 0.864. The minimum atomic E-state index is 0. The standard InChI is InChI=1S/C16H24N2O.ClH/c1-3-6-15-12(2)7-5-10-18(15)16(19)13-8-4-9-14(17)11-13;/h4,8-9,11-12,15H,3,5-7,10,17H2,1-2H3;1H. The van der Waals surface area contributed by atoms with E-state index in [1.807, 2.05) is 18.2 Å². The summed E-state index contributed by atoms with van der Waals surface area (Å²) >= 11 is 0. The number of nitrogen functional groups attached to an aromatic ring is 1. The maximum Gasteiger partial charge on any atom is 0.254 e. The average Bonchev–Trinajstić information content (AvgIpc) is 2.40. The number of nitrogens with two attached hydrogens (primary N) is 1. The van der Waals surface area contributed by atoms with Crippen LogP contribution < -0.4 is 5.73 Å².